The lowest BCUT2D eigenvalue weighted by Crippen LogP contribution is -2.91. The lowest BCUT2D eigenvalue weighted by Gasteiger charge is -2.16. The number of quaternary nitrogens is 1. The van der Waals surface area contributed by atoms with Crippen LogP contribution in [0.1, 0.15) is 37.5 Å². The third-order valence-corrected chi connectivity index (χ3v) is 4.50. The van der Waals surface area contributed by atoms with Gasteiger partial charge >= 0.3 is 5.97 Å². The second-order valence-corrected chi connectivity index (χ2v) is 6.79. The molecule has 0 unspecified atom stereocenters. The highest BCUT2D eigenvalue weighted by atomic mass is 16.5. The van der Waals surface area contributed by atoms with E-state index in [0.717, 1.165) is 19.3 Å². The summed E-state index contributed by atoms with van der Waals surface area (Å²) in [7, 11) is 0. The molecule has 0 bridgehead atoms. The molecule has 2 N–H and O–H groups in total. The zero-order chi connectivity index (χ0) is 19.5. The summed E-state index contributed by atoms with van der Waals surface area (Å²) in [6.45, 7) is 2.78. The van der Waals surface area contributed by atoms with Gasteiger partial charge in [-0.2, -0.15) is 0 Å². The van der Waals surface area contributed by atoms with E-state index in [1.54, 1.807) is 17.4 Å². The smallest absolute Gasteiger partial charge is 0.365 e. The Morgan fingerprint density at radius 2 is 1.93 bits per heavy atom. The van der Waals surface area contributed by atoms with Gasteiger partial charge in [0.05, 0.1) is 19.3 Å². The number of carboxylic acids is 1. The number of ether oxygens (including phenoxy) is 1. The van der Waals surface area contributed by atoms with E-state index in [1.165, 1.54) is 11.8 Å². The Morgan fingerprint density at radius 3 is 2.59 bits per heavy atom. The van der Waals surface area contributed by atoms with Crippen molar-refractivity contribution in [2.24, 2.45) is 5.92 Å². The minimum absolute atomic E-state index is 0.285. The average molecular weight is 373 g/mol. The summed E-state index contributed by atoms with van der Waals surface area (Å²) in [5.74, 6) is -0.727. The summed E-state index contributed by atoms with van der Waals surface area (Å²) >= 11 is 0. The molecule has 2 atom stereocenters. The Hall–Kier alpha value is -2.60. The number of furan rings is 1. The van der Waals surface area contributed by atoms with Crippen LogP contribution in [0.3, 0.4) is 0 Å². The highest BCUT2D eigenvalue weighted by Gasteiger charge is 2.24. The minimum Gasteiger partial charge on any atom is -0.550 e. The number of aryl methyl sites for hydroxylation is 1. The molecule has 0 saturated carbocycles. The maximum absolute atomic E-state index is 12.2. The van der Waals surface area contributed by atoms with Gasteiger partial charge in [-0.15, -0.1) is 0 Å². The van der Waals surface area contributed by atoms with Crippen molar-refractivity contribution in [2.45, 2.75) is 45.2 Å². The molecular weight excluding hydrogens is 346 g/mol. The third kappa shape index (κ3) is 8.09. The van der Waals surface area contributed by atoms with E-state index in [4.69, 9.17) is 9.15 Å². The number of carbonyl (C=O) groups is 2. The molecule has 0 saturated heterocycles. The molecule has 0 radical (unpaired) electrons. The van der Waals surface area contributed by atoms with Gasteiger partial charge in [0.15, 0.2) is 11.8 Å². The average Bonchev–Trinajstić information content (AvgIpc) is 3.17. The first-order chi connectivity index (χ1) is 13.0. The lowest BCUT2D eigenvalue weighted by atomic mass is 9.99. The number of carboxylic acid groups (broad SMARTS) is 1. The molecular formula is C21H27NO5. The predicted octanol–water partition coefficient (Wildman–Crippen LogP) is 1.05. The molecule has 6 heteroatoms. The molecule has 1 aromatic carbocycles. The summed E-state index contributed by atoms with van der Waals surface area (Å²) in [6, 6.07) is 12.9. The molecule has 0 amide bonds. The van der Waals surface area contributed by atoms with Crippen LogP contribution in [-0.2, 0) is 27.3 Å². The fraction of sp³-hybridized carbons (Fsp3) is 0.429. The van der Waals surface area contributed by atoms with E-state index >= 15 is 0 Å². The van der Waals surface area contributed by atoms with Gasteiger partial charge in [-0.3, -0.25) is 0 Å². The Morgan fingerprint density at radius 1 is 1.15 bits per heavy atom. The molecule has 27 heavy (non-hydrogen) atoms. The first-order valence-electron chi connectivity index (χ1n) is 9.30. The van der Waals surface area contributed by atoms with Crippen LogP contribution in [0.2, 0.25) is 0 Å². The van der Waals surface area contributed by atoms with E-state index in [9.17, 15) is 14.7 Å². The van der Waals surface area contributed by atoms with Crippen molar-refractivity contribution in [3.63, 3.8) is 0 Å². The monoisotopic (exact) mass is 373 g/mol. The van der Waals surface area contributed by atoms with Gasteiger partial charge in [0, 0.05) is 5.97 Å². The van der Waals surface area contributed by atoms with Gasteiger partial charge in [0.2, 0.25) is 0 Å². The number of hydrogen-bond donors (Lipinski definition) is 1. The van der Waals surface area contributed by atoms with Crippen molar-refractivity contribution < 1.29 is 29.2 Å². The Bertz CT molecular complexity index is 684. The summed E-state index contributed by atoms with van der Waals surface area (Å²) < 4.78 is 10.5. The van der Waals surface area contributed by atoms with Crippen LogP contribution in [0.15, 0.2) is 53.1 Å². The largest absolute Gasteiger partial charge is 0.550 e. The van der Waals surface area contributed by atoms with Crippen molar-refractivity contribution >= 4 is 11.9 Å². The topological polar surface area (TPSA) is 96.2 Å². The van der Waals surface area contributed by atoms with Gasteiger partial charge in [-0.1, -0.05) is 37.3 Å². The van der Waals surface area contributed by atoms with Crippen molar-refractivity contribution in [2.75, 3.05) is 6.61 Å². The highest BCUT2D eigenvalue weighted by Crippen LogP contribution is 2.13. The number of benzene rings is 1. The van der Waals surface area contributed by atoms with Crippen molar-refractivity contribution in [3.05, 3.63) is 60.1 Å². The molecule has 1 heterocycles. The number of nitrogens with two attached hydrogens (primary N) is 1. The van der Waals surface area contributed by atoms with Crippen LogP contribution in [-0.4, -0.2) is 24.6 Å². The van der Waals surface area contributed by atoms with Gasteiger partial charge in [-0.05, 0) is 42.9 Å². The van der Waals surface area contributed by atoms with Crippen LogP contribution in [0, 0.1) is 5.92 Å². The molecule has 0 fully saturated rings. The second-order valence-electron chi connectivity index (χ2n) is 6.79. The van der Waals surface area contributed by atoms with Crippen molar-refractivity contribution in [3.8, 4) is 0 Å². The van der Waals surface area contributed by atoms with Gasteiger partial charge in [-0.25, -0.2) is 4.79 Å². The Kier molecular flexibility index (Phi) is 8.58. The molecule has 0 aliphatic heterocycles. The Balaban J connectivity index is 1.70. The number of esters is 1. The van der Waals surface area contributed by atoms with Crippen LogP contribution in [0.4, 0.5) is 0 Å². The van der Waals surface area contributed by atoms with Crippen molar-refractivity contribution in [1.29, 1.82) is 0 Å². The maximum atomic E-state index is 12.2. The molecule has 1 aromatic heterocycles. The van der Waals surface area contributed by atoms with E-state index in [0.29, 0.717) is 18.2 Å². The first-order valence-corrected chi connectivity index (χ1v) is 9.30. The standard InChI is InChI=1S/C21H27NO5/c1-16(9-10-17-6-3-2-4-7-17)11-13-27-21(25)19(14-20(23)24)22-15-18-8-5-12-26-18/h2-8,12,16,19,22H,9-11,13-15H2,1H3,(H,23,24)/t16-,19+/m1/s1. The predicted molar refractivity (Wildman–Crippen MR) is 97.3 cm³/mol. The summed E-state index contributed by atoms with van der Waals surface area (Å²) in [4.78, 5) is 23.1. The van der Waals surface area contributed by atoms with Crippen LogP contribution in [0.5, 0.6) is 0 Å². The molecule has 6 nitrogen and oxygen atoms in total. The van der Waals surface area contributed by atoms with E-state index in [2.05, 4.69) is 19.1 Å². The van der Waals surface area contributed by atoms with E-state index in [1.807, 2.05) is 18.2 Å². The van der Waals surface area contributed by atoms with E-state index < -0.39 is 18.0 Å². The molecule has 2 rings (SSSR count). The quantitative estimate of drug-likeness (QED) is 0.561. The fourth-order valence-corrected chi connectivity index (χ4v) is 2.80. The summed E-state index contributed by atoms with van der Waals surface area (Å²) in [6.07, 6.45) is 3.89. The maximum Gasteiger partial charge on any atom is 0.365 e. The number of hydrogen-bond acceptors (Lipinski definition) is 5. The molecule has 0 aliphatic rings. The molecule has 0 spiro atoms. The summed E-state index contributed by atoms with van der Waals surface area (Å²) in [5.41, 5.74) is 1.29. The molecule has 146 valence electrons. The number of rotatable bonds is 12. The third-order valence-electron chi connectivity index (χ3n) is 4.50. The zero-order valence-corrected chi connectivity index (χ0v) is 15.6. The van der Waals surface area contributed by atoms with Gasteiger partial charge in [0.1, 0.15) is 6.54 Å². The lowest BCUT2D eigenvalue weighted by molar-refractivity contribution is -0.694. The Labute approximate surface area is 159 Å². The minimum atomic E-state index is -1.27. The normalized spacial score (nSPS) is 13.1. The fourth-order valence-electron chi connectivity index (χ4n) is 2.80. The van der Waals surface area contributed by atoms with Crippen molar-refractivity contribution in [1.82, 2.24) is 0 Å². The molecule has 2 aromatic rings. The zero-order valence-electron chi connectivity index (χ0n) is 15.6. The van der Waals surface area contributed by atoms with E-state index in [-0.39, 0.29) is 13.0 Å². The van der Waals surface area contributed by atoms with Crippen LogP contribution < -0.4 is 10.4 Å². The summed E-state index contributed by atoms with van der Waals surface area (Å²) in [5, 5.41) is 12.5. The molecule has 0 aliphatic carbocycles. The number of carbonyl (C=O) groups excluding carboxylic acids is 2. The van der Waals surface area contributed by atoms with Gasteiger partial charge < -0.3 is 24.4 Å². The highest BCUT2D eigenvalue weighted by molar-refractivity contribution is 5.79. The first kappa shape index (κ1) is 20.7. The number of aliphatic carboxylic acids is 1. The van der Waals surface area contributed by atoms with Crippen LogP contribution >= 0.6 is 0 Å². The second kappa shape index (κ2) is 11.2. The SMILES string of the molecule is C[C@@H](CCOC(=O)[C@H](CC(=O)[O-])[NH2+]Cc1ccco1)CCc1ccccc1. The van der Waals surface area contributed by atoms with Gasteiger partial charge in [0.25, 0.3) is 0 Å². The van der Waals surface area contributed by atoms with Crippen LogP contribution in [0.25, 0.3) is 0 Å².